The van der Waals surface area contributed by atoms with Crippen molar-refractivity contribution in [3.8, 4) is 0 Å². The summed E-state index contributed by atoms with van der Waals surface area (Å²) in [6.07, 6.45) is 0. The van der Waals surface area contributed by atoms with Gasteiger partial charge in [-0.3, -0.25) is 0 Å². The summed E-state index contributed by atoms with van der Waals surface area (Å²) in [6, 6.07) is 0. The van der Waals surface area contributed by atoms with Gasteiger partial charge in [0.1, 0.15) is 0 Å². The van der Waals surface area contributed by atoms with Crippen molar-refractivity contribution in [3.63, 3.8) is 0 Å². The molecule has 0 aromatic heterocycles. The molecule has 0 spiro atoms. The first kappa shape index (κ1) is 7.38. The minimum Gasteiger partial charge on any atom is -0.377 e. The van der Waals surface area contributed by atoms with Gasteiger partial charge in [-0.1, -0.05) is 0 Å². The second kappa shape index (κ2) is 5.09. The molecular weight excluding hydrogens is 134 g/mol. The minimum absolute atomic E-state index is 1.00. The number of nitrogens with one attached hydrogen (secondary N) is 1. The molecule has 0 amide bonds. The zero-order valence-corrected chi connectivity index (χ0v) is 6.38. The highest BCUT2D eigenvalue weighted by atomic mass is 32.2. The van der Waals surface area contributed by atoms with Crippen LogP contribution in [-0.4, -0.2) is 37.8 Å². The number of thioether (sulfide) groups is 1. The van der Waals surface area contributed by atoms with E-state index in [-0.39, 0.29) is 0 Å². The largest absolute Gasteiger partial charge is 0.377 e. The van der Waals surface area contributed by atoms with Crippen LogP contribution in [0, 0.1) is 0 Å². The van der Waals surface area contributed by atoms with E-state index in [1.54, 1.807) is 0 Å². The molecule has 3 aliphatic heterocycles. The topological polar surface area (TPSA) is 34.5 Å². The first-order valence-corrected chi connectivity index (χ1v) is 4.52. The lowest BCUT2D eigenvalue weighted by atomic mass is 11.0. The van der Waals surface area contributed by atoms with Gasteiger partial charge in [0.25, 0.3) is 0 Å². The van der Waals surface area contributed by atoms with E-state index >= 15 is 0 Å². The van der Waals surface area contributed by atoms with Crippen LogP contribution in [0.15, 0.2) is 0 Å². The molecule has 3 heterocycles. The van der Waals surface area contributed by atoms with Crippen LogP contribution in [0.1, 0.15) is 0 Å². The summed E-state index contributed by atoms with van der Waals surface area (Å²) in [5.74, 6) is 2.83. The molecule has 3 heteroatoms. The standard InChI is InChI=1S/C2H5N.C2H4O.C2H4S/c3*1-2-3-1/h3H,1-2H2;2*1-2H2. The molecule has 3 fully saturated rings. The van der Waals surface area contributed by atoms with E-state index in [1.165, 1.54) is 24.6 Å². The third-order valence-electron chi connectivity index (χ3n) is 0.658. The Bertz CT molecular complexity index is 41.5. The highest BCUT2D eigenvalue weighted by molar-refractivity contribution is 8.06. The van der Waals surface area contributed by atoms with Gasteiger partial charge in [0.2, 0.25) is 0 Å². The van der Waals surface area contributed by atoms with Crippen molar-refractivity contribution in [3.05, 3.63) is 0 Å². The minimum atomic E-state index is 1.00. The van der Waals surface area contributed by atoms with Crippen molar-refractivity contribution in [2.24, 2.45) is 0 Å². The van der Waals surface area contributed by atoms with Crippen LogP contribution in [0.2, 0.25) is 0 Å². The fourth-order valence-corrected chi connectivity index (χ4v) is 0. The molecular formula is C6H13NOS. The second-order valence-corrected chi connectivity index (χ2v) is 3.20. The molecule has 3 aliphatic rings. The first-order valence-electron chi connectivity index (χ1n) is 3.36. The van der Waals surface area contributed by atoms with Gasteiger partial charge in [0.15, 0.2) is 0 Å². The Labute approximate surface area is 60.3 Å². The summed E-state index contributed by atoms with van der Waals surface area (Å²) >= 11 is 2.00. The third-order valence-corrected chi connectivity index (χ3v) is 1.07. The van der Waals surface area contributed by atoms with Gasteiger partial charge in [-0.2, -0.15) is 11.8 Å². The summed E-state index contributed by atoms with van der Waals surface area (Å²) in [5, 5.41) is 3.00. The monoisotopic (exact) mass is 147 g/mol. The van der Waals surface area contributed by atoms with Crippen LogP contribution in [-0.2, 0) is 4.74 Å². The summed E-state index contributed by atoms with van der Waals surface area (Å²) in [5.41, 5.74) is 0. The van der Waals surface area contributed by atoms with Gasteiger partial charge in [-0.05, 0) is 0 Å². The summed E-state index contributed by atoms with van der Waals surface area (Å²) in [4.78, 5) is 0. The van der Waals surface area contributed by atoms with Gasteiger partial charge in [0.05, 0.1) is 13.2 Å². The smallest absolute Gasteiger partial charge is 0.0701 e. The van der Waals surface area contributed by atoms with E-state index in [4.69, 9.17) is 0 Å². The molecule has 9 heavy (non-hydrogen) atoms. The van der Waals surface area contributed by atoms with Crippen LogP contribution in [0.4, 0.5) is 0 Å². The van der Waals surface area contributed by atoms with Gasteiger partial charge < -0.3 is 10.1 Å². The van der Waals surface area contributed by atoms with Crippen LogP contribution >= 0.6 is 11.8 Å². The van der Waals surface area contributed by atoms with Crippen LogP contribution in [0.5, 0.6) is 0 Å². The van der Waals surface area contributed by atoms with Gasteiger partial charge in [-0.15, -0.1) is 0 Å². The Morgan fingerprint density at radius 1 is 1.11 bits per heavy atom. The Hall–Kier alpha value is 0.270. The van der Waals surface area contributed by atoms with Crippen molar-refractivity contribution < 1.29 is 4.74 Å². The predicted molar refractivity (Wildman–Crippen MR) is 41.0 cm³/mol. The molecule has 0 aliphatic carbocycles. The predicted octanol–water partition coefficient (Wildman–Crippen LogP) is 0.339. The Morgan fingerprint density at radius 3 is 1.44 bits per heavy atom. The van der Waals surface area contributed by atoms with E-state index in [1.807, 2.05) is 11.8 Å². The van der Waals surface area contributed by atoms with Crippen molar-refractivity contribution in [1.82, 2.24) is 5.32 Å². The van der Waals surface area contributed by atoms with Gasteiger partial charge in [0, 0.05) is 24.6 Å². The summed E-state index contributed by atoms with van der Waals surface area (Å²) in [7, 11) is 0. The molecule has 3 rings (SSSR count). The lowest BCUT2D eigenvalue weighted by Crippen LogP contribution is -1.56. The quantitative estimate of drug-likeness (QED) is 0.502. The Kier molecular flexibility index (Phi) is 4.17. The number of hydrogen-bond donors (Lipinski definition) is 1. The van der Waals surface area contributed by atoms with Crippen molar-refractivity contribution in [1.29, 1.82) is 0 Å². The maximum atomic E-state index is 4.50. The normalized spacial score (nSPS) is 24.0. The molecule has 2 nitrogen and oxygen atoms in total. The molecule has 54 valence electrons. The van der Waals surface area contributed by atoms with Crippen molar-refractivity contribution in [2.75, 3.05) is 37.8 Å². The number of epoxide rings is 1. The van der Waals surface area contributed by atoms with Gasteiger partial charge in [-0.25, -0.2) is 0 Å². The average molecular weight is 147 g/mol. The van der Waals surface area contributed by atoms with Gasteiger partial charge >= 0.3 is 0 Å². The number of hydrogen-bond acceptors (Lipinski definition) is 3. The van der Waals surface area contributed by atoms with Crippen LogP contribution in [0.3, 0.4) is 0 Å². The lowest BCUT2D eigenvalue weighted by Gasteiger charge is -1.24. The average Bonchev–Trinajstić information content (AvgIpc) is 2.70. The molecule has 1 N–H and O–H groups in total. The van der Waals surface area contributed by atoms with Crippen LogP contribution in [0.25, 0.3) is 0 Å². The van der Waals surface area contributed by atoms with E-state index < -0.39 is 0 Å². The molecule has 3 saturated heterocycles. The molecule has 0 radical (unpaired) electrons. The Morgan fingerprint density at radius 2 is 1.44 bits per heavy atom. The molecule has 0 aromatic carbocycles. The maximum Gasteiger partial charge on any atom is 0.0701 e. The second-order valence-electron chi connectivity index (χ2n) is 1.97. The van der Waals surface area contributed by atoms with E-state index in [0.717, 1.165) is 13.2 Å². The van der Waals surface area contributed by atoms with Crippen molar-refractivity contribution in [2.45, 2.75) is 0 Å². The highest BCUT2D eigenvalue weighted by Crippen LogP contribution is 2.14. The lowest BCUT2D eigenvalue weighted by molar-refractivity contribution is 0.475. The molecule has 0 unspecified atom stereocenters. The fourth-order valence-electron chi connectivity index (χ4n) is 0. The first-order chi connectivity index (χ1) is 4.50. The fraction of sp³-hybridized carbons (Fsp3) is 1.00. The molecule has 0 atom stereocenters. The van der Waals surface area contributed by atoms with E-state index in [9.17, 15) is 0 Å². The maximum absolute atomic E-state index is 4.50. The molecule has 0 aromatic rings. The summed E-state index contributed by atoms with van der Waals surface area (Å²) in [6.45, 7) is 4.50. The van der Waals surface area contributed by atoms with Crippen molar-refractivity contribution >= 4 is 11.8 Å². The Balaban J connectivity index is 0.0000000675. The van der Waals surface area contributed by atoms with Crippen LogP contribution < -0.4 is 5.32 Å². The zero-order valence-electron chi connectivity index (χ0n) is 5.56. The highest BCUT2D eigenvalue weighted by Gasteiger charge is 1.95. The van der Waals surface area contributed by atoms with E-state index in [2.05, 4.69) is 10.1 Å². The molecule has 0 saturated carbocycles. The SMILES string of the molecule is C1CN1.C1CO1.C1CS1. The third kappa shape index (κ3) is 30.4. The number of ether oxygens (including phenoxy) is 1. The number of rotatable bonds is 0. The van der Waals surface area contributed by atoms with E-state index in [0.29, 0.717) is 0 Å². The zero-order chi connectivity index (χ0) is 6.36. The summed E-state index contributed by atoms with van der Waals surface area (Å²) < 4.78 is 4.50. The molecule has 0 bridgehead atoms.